The van der Waals surface area contributed by atoms with E-state index in [1.54, 1.807) is 18.2 Å². The topological polar surface area (TPSA) is 56.7 Å². The van der Waals surface area contributed by atoms with Crippen LogP contribution >= 0.6 is 0 Å². The van der Waals surface area contributed by atoms with Crippen LogP contribution in [0, 0.1) is 19.0 Å². The van der Waals surface area contributed by atoms with Crippen LogP contribution in [0.15, 0.2) is 156 Å². The Morgan fingerprint density at radius 3 is 2.00 bits per heavy atom. The zero-order valence-electron chi connectivity index (χ0n) is 34.6. The van der Waals surface area contributed by atoms with Gasteiger partial charge in [-0.2, -0.15) is 0 Å². The third-order valence-corrected chi connectivity index (χ3v) is 9.64. The summed E-state index contributed by atoms with van der Waals surface area (Å²) < 4.78 is 30.5. The first-order valence-corrected chi connectivity index (χ1v) is 18.6. The molecule has 5 nitrogen and oxygen atoms in total. The Morgan fingerprint density at radius 2 is 1.36 bits per heavy atom. The van der Waals surface area contributed by atoms with Gasteiger partial charge in [0.2, 0.25) is 5.89 Å². The van der Waals surface area contributed by atoms with Crippen molar-refractivity contribution in [2.45, 2.75) is 46.4 Å². The molecule has 9 aromatic rings. The first-order valence-electron chi connectivity index (χ1n) is 20.1. The number of imidazole rings is 1. The van der Waals surface area contributed by atoms with Crippen LogP contribution in [0.1, 0.15) is 60.3 Å². The summed E-state index contributed by atoms with van der Waals surface area (Å²) in [6.07, 6.45) is 1.39. The molecule has 0 aliphatic heterocycles. The summed E-state index contributed by atoms with van der Waals surface area (Å²) >= 11 is 0. The molecule has 0 saturated heterocycles. The van der Waals surface area contributed by atoms with Crippen molar-refractivity contribution in [3.63, 3.8) is 0 Å². The third kappa shape index (κ3) is 7.77. The second-order valence-corrected chi connectivity index (χ2v) is 14.1. The van der Waals surface area contributed by atoms with Crippen LogP contribution in [0.5, 0.6) is 0 Å². The molecule has 0 fully saturated rings. The van der Waals surface area contributed by atoms with E-state index in [2.05, 4.69) is 116 Å². The van der Waals surface area contributed by atoms with Crippen LogP contribution < -0.4 is 0 Å². The first-order chi connectivity index (χ1) is 28.1. The van der Waals surface area contributed by atoms with Gasteiger partial charge in [0.25, 0.3) is 0 Å². The van der Waals surface area contributed by atoms with Crippen molar-refractivity contribution >= 4 is 22.1 Å². The molecule has 0 unspecified atom stereocenters. The Bertz CT molecular complexity index is 2790. The summed E-state index contributed by atoms with van der Waals surface area (Å²) in [5, 5.41) is 0. The van der Waals surface area contributed by atoms with Crippen LogP contribution in [-0.4, -0.2) is 19.5 Å². The van der Waals surface area contributed by atoms with Gasteiger partial charge in [0.1, 0.15) is 0 Å². The molecule has 0 aliphatic rings. The van der Waals surface area contributed by atoms with E-state index in [4.69, 9.17) is 18.5 Å². The van der Waals surface area contributed by atoms with E-state index >= 15 is 0 Å². The van der Waals surface area contributed by atoms with Crippen molar-refractivity contribution in [2.75, 3.05) is 0 Å². The number of pyridine rings is 1. The van der Waals surface area contributed by atoms with E-state index < -0.39 is 6.85 Å². The molecule has 0 atom stereocenters. The molecular weight excluding hydrogens is 865 g/mol. The van der Waals surface area contributed by atoms with Gasteiger partial charge >= 0.3 is 0 Å². The molecule has 6 heteroatoms. The SMILES string of the molecule is CC(C)c1cccc(C(C)C)c1-n1c(-c2[c-]c3oc(-c4ccccc4)nc3c(-c3ccccc3)c2)nc2ccccc21.[2H]C([2H])([2H])c1ccc(-c2[c-]cccc2)nc1.[Ir]. The van der Waals surface area contributed by atoms with E-state index in [0.29, 0.717) is 23.3 Å². The average molecular weight is 910 g/mol. The Kier molecular flexibility index (Phi) is 10.4. The number of hydrogen-bond donors (Lipinski definition) is 0. The van der Waals surface area contributed by atoms with Crippen molar-refractivity contribution in [2.24, 2.45) is 0 Å². The molecule has 56 heavy (non-hydrogen) atoms. The van der Waals surface area contributed by atoms with Gasteiger partial charge in [-0.05, 0) is 70.9 Å². The van der Waals surface area contributed by atoms with Gasteiger partial charge < -0.3 is 14.0 Å². The second-order valence-electron chi connectivity index (χ2n) is 14.1. The largest absolute Gasteiger partial charge is 0.457 e. The molecule has 0 saturated carbocycles. The first kappa shape index (κ1) is 34.5. The van der Waals surface area contributed by atoms with Crippen LogP contribution in [0.3, 0.4) is 0 Å². The summed E-state index contributed by atoms with van der Waals surface area (Å²) in [6.45, 7) is 6.94. The molecule has 0 spiro atoms. The summed E-state index contributed by atoms with van der Waals surface area (Å²) in [7, 11) is 0. The summed E-state index contributed by atoms with van der Waals surface area (Å²) in [5.41, 5.74) is 12.9. The van der Waals surface area contributed by atoms with Gasteiger partial charge in [-0.25, -0.2) is 0 Å². The van der Waals surface area contributed by atoms with Gasteiger partial charge in [-0.3, -0.25) is 9.97 Å². The van der Waals surface area contributed by atoms with Crippen LogP contribution in [-0.2, 0) is 20.1 Å². The minimum absolute atomic E-state index is 0. The number of aromatic nitrogens is 4. The Morgan fingerprint density at radius 1 is 0.679 bits per heavy atom. The molecule has 0 aliphatic carbocycles. The molecule has 1 radical (unpaired) electrons. The monoisotopic (exact) mass is 910 g/mol. The van der Waals surface area contributed by atoms with Gasteiger partial charge in [0.05, 0.1) is 22.4 Å². The Labute approximate surface area is 346 Å². The fourth-order valence-corrected chi connectivity index (χ4v) is 6.93. The van der Waals surface area contributed by atoms with Crippen molar-refractivity contribution in [3.8, 4) is 50.9 Å². The van der Waals surface area contributed by atoms with Crippen molar-refractivity contribution < 1.29 is 28.6 Å². The average Bonchev–Trinajstić information content (AvgIpc) is 3.86. The molecule has 3 aromatic heterocycles. The van der Waals surface area contributed by atoms with Gasteiger partial charge in [0.15, 0.2) is 0 Å². The second kappa shape index (κ2) is 16.8. The number of aryl methyl sites for hydroxylation is 1. The smallest absolute Gasteiger partial charge is 0.215 e. The summed E-state index contributed by atoms with van der Waals surface area (Å²) in [6, 6.07) is 55.0. The van der Waals surface area contributed by atoms with Crippen LogP contribution in [0.25, 0.3) is 73.0 Å². The standard InChI is InChI=1S/C38H32N3O.C12H10N.Ir/c1-24(2)29-18-13-19-30(25(3)4)36(29)41-33-21-12-11-20-32(33)39-37(41)28-22-31(26-14-7-5-8-15-26)35-34(23-28)42-38(40-35)27-16-9-6-10-17-27;1-10-7-8-12(13-9-10)11-5-3-2-4-6-11;/h5-22,24-25H,1-4H3;2-5,7-9H,1H3;/q2*-1;/i;1D3;. The fraction of sp³-hybridized carbons (Fsp3) is 0.140. The quantitative estimate of drug-likeness (QED) is 0.150. The number of para-hydroxylation sites is 3. The third-order valence-electron chi connectivity index (χ3n) is 9.64. The number of nitrogens with zero attached hydrogens (tertiary/aromatic N) is 4. The van der Waals surface area contributed by atoms with Crippen molar-refractivity contribution in [1.82, 2.24) is 19.5 Å². The van der Waals surface area contributed by atoms with E-state index in [0.717, 1.165) is 55.9 Å². The minimum Gasteiger partial charge on any atom is -0.457 e. The van der Waals surface area contributed by atoms with Gasteiger partial charge in [0, 0.05) is 47.2 Å². The molecule has 0 N–H and O–H groups in total. The summed E-state index contributed by atoms with van der Waals surface area (Å²) in [4.78, 5) is 14.3. The molecule has 0 bridgehead atoms. The maximum Gasteiger partial charge on any atom is 0.215 e. The number of fused-ring (bicyclic) bond motifs is 2. The van der Waals surface area contributed by atoms with E-state index in [9.17, 15) is 0 Å². The number of oxazole rings is 1. The van der Waals surface area contributed by atoms with Gasteiger partial charge in [-0.1, -0.05) is 130 Å². The molecule has 9 rings (SSSR count). The summed E-state index contributed by atoms with van der Waals surface area (Å²) in [5.74, 6) is 2.09. The van der Waals surface area contributed by atoms with Crippen LogP contribution in [0.4, 0.5) is 0 Å². The molecule has 3 heterocycles. The number of hydrogen-bond acceptors (Lipinski definition) is 4. The normalized spacial score (nSPS) is 12.1. The van der Waals surface area contributed by atoms with Crippen molar-refractivity contribution in [1.29, 1.82) is 0 Å². The zero-order chi connectivity index (χ0) is 40.4. The van der Waals surface area contributed by atoms with E-state index in [1.807, 2.05) is 60.7 Å². The van der Waals surface area contributed by atoms with E-state index in [1.165, 1.54) is 23.0 Å². The molecule has 279 valence electrons. The Balaban J connectivity index is 0.000000262. The maximum atomic E-state index is 7.23. The zero-order valence-corrected chi connectivity index (χ0v) is 34.0. The minimum atomic E-state index is -2.09. The predicted octanol–water partition coefficient (Wildman–Crippen LogP) is 13.1. The number of benzene rings is 6. The number of rotatable bonds is 7. The predicted molar refractivity (Wildman–Crippen MR) is 225 cm³/mol. The Hall–Kier alpha value is -5.94. The maximum absolute atomic E-state index is 7.23. The molecular formula is C50H42IrN4O-2. The molecule has 6 aromatic carbocycles. The van der Waals surface area contributed by atoms with Gasteiger partial charge in [-0.15, -0.1) is 47.5 Å². The van der Waals surface area contributed by atoms with Crippen LogP contribution in [0.2, 0.25) is 0 Å². The van der Waals surface area contributed by atoms with Crippen molar-refractivity contribution in [3.05, 3.63) is 181 Å². The van der Waals surface area contributed by atoms with E-state index in [-0.39, 0.29) is 25.7 Å². The fourth-order valence-electron chi connectivity index (χ4n) is 6.93. The molecule has 0 amide bonds.